The zero-order chi connectivity index (χ0) is 14.6. The molecule has 0 aromatic heterocycles. The SMILES string of the molecule is CCCS(=O)(=O)NC(C)C(=O)N1CCC(C(=O)O)C1. The summed E-state index contributed by atoms with van der Waals surface area (Å²) in [6.07, 6.45) is 0.885. The van der Waals surface area contributed by atoms with E-state index in [1.807, 2.05) is 0 Å². The molecule has 1 aliphatic heterocycles. The molecule has 8 heteroatoms. The first kappa shape index (κ1) is 15.9. The number of likely N-dealkylation sites (tertiary alicyclic amines) is 1. The number of nitrogens with one attached hydrogen (secondary N) is 1. The highest BCUT2D eigenvalue weighted by Crippen LogP contribution is 2.17. The normalized spacial score (nSPS) is 21.4. The lowest BCUT2D eigenvalue weighted by atomic mass is 10.1. The Morgan fingerprint density at radius 3 is 2.58 bits per heavy atom. The van der Waals surface area contributed by atoms with Gasteiger partial charge in [0.2, 0.25) is 15.9 Å². The molecule has 0 aromatic rings. The highest BCUT2D eigenvalue weighted by Gasteiger charge is 2.33. The van der Waals surface area contributed by atoms with Crippen LogP contribution in [-0.4, -0.2) is 55.2 Å². The van der Waals surface area contributed by atoms with Gasteiger partial charge >= 0.3 is 5.97 Å². The Morgan fingerprint density at radius 1 is 1.47 bits per heavy atom. The van der Waals surface area contributed by atoms with Crippen molar-refractivity contribution in [3.63, 3.8) is 0 Å². The van der Waals surface area contributed by atoms with Crippen molar-refractivity contribution in [1.82, 2.24) is 9.62 Å². The van der Waals surface area contributed by atoms with Crippen molar-refractivity contribution in [3.05, 3.63) is 0 Å². The minimum absolute atomic E-state index is 0.0254. The highest BCUT2D eigenvalue weighted by molar-refractivity contribution is 7.89. The zero-order valence-electron chi connectivity index (χ0n) is 11.1. The highest BCUT2D eigenvalue weighted by atomic mass is 32.2. The molecule has 2 atom stereocenters. The van der Waals surface area contributed by atoms with Gasteiger partial charge in [-0.15, -0.1) is 0 Å². The van der Waals surface area contributed by atoms with E-state index in [0.717, 1.165) is 0 Å². The third kappa shape index (κ3) is 4.46. The van der Waals surface area contributed by atoms with Gasteiger partial charge in [-0.05, 0) is 19.8 Å². The van der Waals surface area contributed by atoms with Crippen LogP contribution in [0.25, 0.3) is 0 Å². The Balaban J connectivity index is 2.57. The summed E-state index contributed by atoms with van der Waals surface area (Å²) in [5, 5.41) is 8.86. The molecule has 0 radical (unpaired) electrons. The molecule has 0 spiro atoms. The van der Waals surface area contributed by atoms with Crippen LogP contribution in [0.5, 0.6) is 0 Å². The van der Waals surface area contributed by atoms with Crippen molar-refractivity contribution < 1.29 is 23.1 Å². The van der Waals surface area contributed by atoms with E-state index in [1.165, 1.54) is 11.8 Å². The van der Waals surface area contributed by atoms with Crippen LogP contribution in [-0.2, 0) is 19.6 Å². The monoisotopic (exact) mass is 292 g/mol. The molecule has 1 rings (SSSR count). The van der Waals surface area contributed by atoms with Crippen LogP contribution in [0.1, 0.15) is 26.7 Å². The van der Waals surface area contributed by atoms with E-state index in [9.17, 15) is 18.0 Å². The number of carbonyl (C=O) groups excluding carboxylic acids is 1. The fourth-order valence-corrected chi connectivity index (χ4v) is 3.38. The van der Waals surface area contributed by atoms with Crippen molar-refractivity contribution in [2.45, 2.75) is 32.7 Å². The fraction of sp³-hybridized carbons (Fsp3) is 0.818. The predicted octanol–water partition coefficient (Wildman–Crippen LogP) is -0.363. The largest absolute Gasteiger partial charge is 0.481 e. The first-order valence-corrected chi connectivity index (χ1v) is 7.93. The molecule has 1 heterocycles. The Morgan fingerprint density at radius 2 is 2.11 bits per heavy atom. The maximum Gasteiger partial charge on any atom is 0.308 e. The summed E-state index contributed by atoms with van der Waals surface area (Å²) < 4.78 is 25.4. The third-order valence-corrected chi connectivity index (χ3v) is 4.71. The van der Waals surface area contributed by atoms with Gasteiger partial charge in [-0.2, -0.15) is 0 Å². The summed E-state index contributed by atoms with van der Waals surface area (Å²) in [4.78, 5) is 24.2. The second kappa shape index (κ2) is 6.33. The van der Waals surface area contributed by atoms with Crippen LogP contribution in [0.4, 0.5) is 0 Å². The average Bonchev–Trinajstić information content (AvgIpc) is 2.76. The molecule has 0 saturated carbocycles. The van der Waals surface area contributed by atoms with Gasteiger partial charge < -0.3 is 10.0 Å². The van der Waals surface area contributed by atoms with Gasteiger partial charge in [0.05, 0.1) is 17.7 Å². The smallest absolute Gasteiger partial charge is 0.308 e. The van der Waals surface area contributed by atoms with Gasteiger partial charge in [-0.3, -0.25) is 9.59 Å². The van der Waals surface area contributed by atoms with Gasteiger partial charge in [0.25, 0.3) is 0 Å². The second-order valence-electron chi connectivity index (χ2n) is 4.77. The van der Waals surface area contributed by atoms with Gasteiger partial charge in [0.15, 0.2) is 0 Å². The van der Waals surface area contributed by atoms with Gasteiger partial charge in [0.1, 0.15) is 0 Å². The summed E-state index contributed by atoms with van der Waals surface area (Å²) in [6.45, 7) is 3.72. The molecule has 0 aromatic carbocycles. The predicted molar refractivity (Wildman–Crippen MR) is 69.0 cm³/mol. The molecule has 110 valence electrons. The van der Waals surface area contributed by atoms with E-state index in [2.05, 4.69) is 4.72 Å². The average molecular weight is 292 g/mol. The Labute approximate surface area is 113 Å². The van der Waals surface area contributed by atoms with Crippen LogP contribution >= 0.6 is 0 Å². The Kier molecular flexibility index (Phi) is 5.30. The molecule has 2 N–H and O–H groups in total. The molecule has 7 nitrogen and oxygen atoms in total. The van der Waals surface area contributed by atoms with Crippen LogP contribution in [0.3, 0.4) is 0 Å². The van der Waals surface area contributed by atoms with E-state index in [-0.39, 0.29) is 18.2 Å². The van der Waals surface area contributed by atoms with Crippen LogP contribution in [0, 0.1) is 5.92 Å². The van der Waals surface area contributed by atoms with Gasteiger partial charge in [-0.1, -0.05) is 6.92 Å². The number of hydrogen-bond donors (Lipinski definition) is 2. The number of sulfonamides is 1. The lowest BCUT2D eigenvalue weighted by Gasteiger charge is -2.21. The van der Waals surface area contributed by atoms with E-state index >= 15 is 0 Å². The summed E-state index contributed by atoms with van der Waals surface area (Å²) in [5.41, 5.74) is 0. The summed E-state index contributed by atoms with van der Waals surface area (Å²) in [5.74, 6) is -1.87. The van der Waals surface area contributed by atoms with Gasteiger partial charge in [0, 0.05) is 13.1 Å². The van der Waals surface area contributed by atoms with E-state index in [4.69, 9.17) is 5.11 Å². The number of nitrogens with zero attached hydrogens (tertiary/aromatic N) is 1. The summed E-state index contributed by atoms with van der Waals surface area (Å²) in [6, 6.07) is -0.857. The number of carbonyl (C=O) groups is 2. The van der Waals surface area contributed by atoms with Crippen molar-refractivity contribution in [1.29, 1.82) is 0 Å². The van der Waals surface area contributed by atoms with Crippen molar-refractivity contribution in [2.75, 3.05) is 18.8 Å². The molecule has 1 saturated heterocycles. The first-order chi connectivity index (χ1) is 8.76. The zero-order valence-corrected chi connectivity index (χ0v) is 11.9. The van der Waals surface area contributed by atoms with Crippen LogP contribution in [0.2, 0.25) is 0 Å². The number of hydrogen-bond acceptors (Lipinski definition) is 4. The Hall–Kier alpha value is -1.15. The molecular formula is C11H20N2O5S. The minimum atomic E-state index is -3.45. The molecule has 2 unspecified atom stereocenters. The van der Waals surface area contributed by atoms with Crippen molar-refractivity contribution >= 4 is 21.9 Å². The van der Waals surface area contributed by atoms with Crippen LogP contribution < -0.4 is 4.72 Å². The molecular weight excluding hydrogens is 272 g/mol. The number of rotatable bonds is 6. The van der Waals surface area contributed by atoms with E-state index in [1.54, 1.807) is 6.92 Å². The number of aliphatic carboxylic acids is 1. The lowest BCUT2D eigenvalue weighted by Crippen LogP contribution is -2.46. The van der Waals surface area contributed by atoms with E-state index in [0.29, 0.717) is 19.4 Å². The molecule has 1 aliphatic rings. The van der Waals surface area contributed by atoms with Gasteiger partial charge in [-0.25, -0.2) is 13.1 Å². The molecule has 1 fully saturated rings. The summed E-state index contributed by atoms with van der Waals surface area (Å²) in [7, 11) is -3.45. The lowest BCUT2D eigenvalue weighted by molar-refractivity contribution is -0.141. The topological polar surface area (TPSA) is 104 Å². The third-order valence-electron chi connectivity index (χ3n) is 3.05. The Bertz CT molecular complexity index is 448. The standard InChI is InChI=1S/C11H20N2O5S/c1-3-6-19(17,18)12-8(2)10(14)13-5-4-9(7-13)11(15)16/h8-9,12H,3-7H2,1-2H3,(H,15,16). The maximum absolute atomic E-state index is 12.0. The summed E-state index contributed by atoms with van der Waals surface area (Å²) >= 11 is 0. The molecule has 19 heavy (non-hydrogen) atoms. The number of amides is 1. The number of carboxylic acid groups (broad SMARTS) is 1. The van der Waals surface area contributed by atoms with E-state index < -0.39 is 28.0 Å². The molecule has 0 bridgehead atoms. The minimum Gasteiger partial charge on any atom is -0.481 e. The quantitative estimate of drug-likeness (QED) is 0.695. The fourth-order valence-electron chi connectivity index (χ4n) is 2.08. The second-order valence-corrected chi connectivity index (χ2v) is 6.64. The van der Waals surface area contributed by atoms with Crippen LogP contribution in [0.15, 0.2) is 0 Å². The van der Waals surface area contributed by atoms with Crippen molar-refractivity contribution in [3.8, 4) is 0 Å². The maximum atomic E-state index is 12.0. The van der Waals surface area contributed by atoms with Crippen molar-refractivity contribution in [2.24, 2.45) is 5.92 Å². The molecule has 0 aliphatic carbocycles. The first-order valence-electron chi connectivity index (χ1n) is 6.28. The number of carboxylic acids is 1. The molecule has 1 amide bonds.